The molecule has 39 heavy (non-hydrogen) atoms. The summed E-state index contributed by atoms with van der Waals surface area (Å²) in [5.74, 6) is 4.04. The molecule has 3 aromatic rings. The number of anilines is 4. The Morgan fingerprint density at radius 2 is 1.74 bits per heavy atom. The van der Waals surface area contributed by atoms with Gasteiger partial charge in [-0.2, -0.15) is 0 Å². The second-order valence-electron chi connectivity index (χ2n) is 10.0. The normalized spacial score (nSPS) is 18.0. The van der Waals surface area contributed by atoms with E-state index in [1.165, 1.54) is 0 Å². The van der Waals surface area contributed by atoms with Crippen LogP contribution in [-0.2, 0) is 4.79 Å². The van der Waals surface area contributed by atoms with E-state index in [0.29, 0.717) is 24.8 Å². The number of nitrogens with one attached hydrogen (secondary N) is 1. The molecule has 0 saturated carbocycles. The number of ether oxygens (including phenoxy) is 2. The lowest BCUT2D eigenvalue weighted by atomic mass is 9.94. The number of benzene rings is 1. The molecular formula is C29H36N6O4. The minimum Gasteiger partial charge on any atom is -0.490 e. The Kier molecular flexibility index (Phi) is 8.60. The van der Waals surface area contributed by atoms with Crippen molar-refractivity contribution < 1.29 is 19.4 Å². The number of carboxylic acids is 1. The van der Waals surface area contributed by atoms with Crippen molar-refractivity contribution in [3.63, 3.8) is 0 Å². The molecule has 2 aliphatic rings. The fourth-order valence-corrected chi connectivity index (χ4v) is 5.23. The minimum absolute atomic E-state index is 0.0248. The van der Waals surface area contributed by atoms with Crippen molar-refractivity contribution in [2.24, 2.45) is 5.92 Å². The van der Waals surface area contributed by atoms with Crippen molar-refractivity contribution >= 4 is 29.2 Å². The third-order valence-corrected chi connectivity index (χ3v) is 7.16. The van der Waals surface area contributed by atoms with Crippen LogP contribution in [0.5, 0.6) is 11.5 Å². The molecule has 0 aliphatic carbocycles. The first kappa shape index (κ1) is 26.5. The molecule has 206 valence electrons. The predicted octanol–water partition coefficient (Wildman–Crippen LogP) is 4.75. The third-order valence-electron chi connectivity index (χ3n) is 7.16. The van der Waals surface area contributed by atoms with Gasteiger partial charge in [0.2, 0.25) is 0 Å². The molecule has 4 heterocycles. The smallest absolute Gasteiger partial charge is 0.303 e. The van der Waals surface area contributed by atoms with Crippen LogP contribution in [0.2, 0.25) is 0 Å². The number of hydrogen-bond acceptors (Lipinski definition) is 9. The van der Waals surface area contributed by atoms with Crippen molar-refractivity contribution in [1.29, 1.82) is 0 Å². The summed E-state index contributed by atoms with van der Waals surface area (Å²) in [5, 5.41) is 12.4. The van der Waals surface area contributed by atoms with E-state index < -0.39 is 5.97 Å². The maximum atomic E-state index is 11.0. The van der Waals surface area contributed by atoms with Gasteiger partial charge >= 0.3 is 5.97 Å². The molecule has 10 heteroatoms. The zero-order chi connectivity index (χ0) is 27.0. The van der Waals surface area contributed by atoms with Gasteiger partial charge in [0.05, 0.1) is 25.5 Å². The highest BCUT2D eigenvalue weighted by Gasteiger charge is 2.24. The Bertz CT molecular complexity index is 1250. The fourth-order valence-electron chi connectivity index (χ4n) is 5.23. The Labute approximate surface area is 229 Å². The summed E-state index contributed by atoms with van der Waals surface area (Å²) in [6, 6.07) is 13.7. The summed E-state index contributed by atoms with van der Waals surface area (Å²) >= 11 is 0. The molecule has 0 spiro atoms. The molecule has 0 bridgehead atoms. The number of nitrogens with zero attached hydrogens (tertiary/aromatic N) is 5. The van der Waals surface area contributed by atoms with Gasteiger partial charge in [0.1, 0.15) is 23.6 Å². The second-order valence-corrected chi connectivity index (χ2v) is 10.0. The van der Waals surface area contributed by atoms with Crippen LogP contribution in [0, 0.1) is 5.92 Å². The van der Waals surface area contributed by atoms with Crippen LogP contribution < -0.4 is 24.6 Å². The molecule has 2 N–H and O–H groups in total. The number of hydrogen-bond donors (Lipinski definition) is 2. The van der Waals surface area contributed by atoms with E-state index in [1.807, 2.05) is 49.4 Å². The van der Waals surface area contributed by atoms with Crippen LogP contribution in [0.3, 0.4) is 0 Å². The molecule has 2 saturated heterocycles. The lowest BCUT2D eigenvalue weighted by molar-refractivity contribution is -0.138. The van der Waals surface area contributed by atoms with Crippen molar-refractivity contribution in [1.82, 2.24) is 15.0 Å². The van der Waals surface area contributed by atoms with E-state index in [9.17, 15) is 4.79 Å². The summed E-state index contributed by atoms with van der Waals surface area (Å²) < 4.78 is 12.1. The molecule has 2 fully saturated rings. The maximum absolute atomic E-state index is 11.0. The summed E-state index contributed by atoms with van der Waals surface area (Å²) in [6.07, 6.45) is 7.42. The van der Waals surface area contributed by atoms with Crippen LogP contribution in [0.4, 0.5) is 23.3 Å². The van der Waals surface area contributed by atoms with Gasteiger partial charge in [-0.05, 0) is 62.8 Å². The van der Waals surface area contributed by atoms with Gasteiger partial charge in [-0.3, -0.25) is 9.78 Å². The molecule has 0 unspecified atom stereocenters. The number of aliphatic carboxylic acids is 1. The predicted molar refractivity (Wildman–Crippen MR) is 150 cm³/mol. The Hall–Kier alpha value is -4.08. The third kappa shape index (κ3) is 7.07. The van der Waals surface area contributed by atoms with E-state index in [2.05, 4.69) is 20.1 Å². The van der Waals surface area contributed by atoms with Gasteiger partial charge in [-0.15, -0.1) is 0 Å². The number of piperidine rings is 2. The molecule has 2 aromatic heterocycles. The zero-order valence-electron chi connectivity index (χ0n) is 22.3. The van der Waals surface area contributed by atoms with Crippen LogP contribution in [0.1, 0.15) is 39.0 Å². The van der Waals surface area contributed by atoms with Crippen LogP contribution in [-0.4, -0.2) is 64.9 Å². The number of para-hydroxylation sites is 2. The highest BCUT2D eigenvalue weighted by Crippen LogP contribution is 2.30. The van der Waals surface area contributed by atoms with Crippen molar-refractivity contribution in [2.45, 2.75) is 45.1 Å². The molecule has 5 rings (SSSR count). The Morgan fingerprint density at radius 3 is 2.54 bits per heavy atom. The summed E-state index contributed by atoms with van der Waals surface area (Å²) in [6.45, 7) is 5.77. The SMILES string of the molecule is CCOc1ccccc1O[C@@H]1CCCN(c2cncc(Nc3cccc(N4CCC(CC(=O)O)CC4)n3)n2)C1. The summed E-state index contributed by atoms with van der Waals surface area (Å²) in [5.41, 5.74) is 0. The maximum Gasteiger partial charge on any atom is 0.303 e. The number of carbonyl (C=O) groups is 1. The molecule has 10 nitrogen and oxygen atoms in total. The first-order valence-electron chi connectivity index (χ1n) is 13.7. The van der Waals surface area contributed by atoms with E-state index in [-0.39, 0.29) is 18.4 Å². The van der Waals surface area contributed by atoms with Crippen LogP contribution in [0.25, 0.3) is 0 Å². The van der Waals surface area contributed by atoms with Crippen molar-refractivity contribution in [2.75, 3.05) is 47.9 Å². The summed E-state index contributed by atoms with van der Waals surface area (Å²) in [4.78, 5) is 29.5. The van der Waals surface area contributed by atoms with Gasteiger partial charge in [0.15, 0.2) is 17.3 Å². The van der Waals surface area contributed by atoms with Gasteiger partial charge in [0, 0.05) is 26.1 Å². The monoisotopic (exact) mass is 532 g/mol. The van der Waals surface area contributed by atoms with E-state index >= 15 is 0 Å². The topological polar surface area (TPSA) is 113 Å². The van der Waals surface area contributed by atoms with E-state index in [4.69, 9.17) is 24.5 Å². The average Bonchev–Trinajstić information content (AvgIpc) is 2.95. The van der Waals surface area contributed by atoms with Gasteiger partial charge in [-0.1, -0.05) is 18.2 Å². The molecule has 2 aliphatic heterocycles. The lowest BCUT2D eigenvalue weighted by Crippen LogP contribution is -2.41. The highest BCUT2D eigenvalue weighted by atomic mass is 16.5. The van der Waals surface area contributed by atoms with Crippen molar-refractivity contribution in [3.05, 3.63) is 54.9 Å². The Morgan fingerprint density at radius 1 is 0.949 bits per heavy atom. The van der Waals surface area contributed by atoms with Gasteiger partial charge < -0.3 is 29.7 Å². The number of rotatable bonds is 10. The standard InChI is InChI=1S/C29H36N6O4/c1-2-38-23-8-3-4-9-24(23)39-22-7-6-14-35(20-22)28-19-30-18-26(33-28)31-25-10-5-11-27(32-25)34-15-12-21(13-16-34)17-29(36)37/h3-5,8-11,18-19,21-22H,2,6-7,12-17,20H2,1H3,(H,36,37)(H,31,32,33)/t22-/m1/s1. The molecule has 0 radical (unpaired) electrons. The number of carboxylic acid groups (broad SMARTS) is 1. The highest BCUT2D eigenvalue weighted by molar-refractivity contribution is 5.67. The Balaban J connectivity index is 1.21. The van der Waals surface area contributed by atoms with E-state index in [1.54, 1.807) is 12.4 Å². The first-order chi connectivity index (χ1) is 19.1. The van der Waals surface area contributed by atoms with Crippen LogP contribution in [0.15, 0.2) is 54.9 Å². The number of aromatic nitrogens is 3. The first-order valence-corrected chi connectivity index (χ1v) is 13.7. The van der Waals surface area contributed by atoms with Crippen LogP contribution >= 0.6 is 0 Å². The largest absolute Gasteiger partial charge is 0.490 e. The lowest BCUT2D eigenvalue weighted by Gasteiger charge is -2.34. The molecular weight excluding hydrogens is 496 g/mol. The van der Waals surface area contributed by atoms with Crippen molar-refractivity contribution in [3.8, 4) is 11.5 Å². The number of pyridine rings is 1. The average molecular weight is 533 g/mol. The van der Waals surface area contributed by atoms with Gasteiger partial charge in [0.25, 0.3) is 0 Å². The molecule has 0 amide bonds. The zero-order valence-corrected chi connectivity index (χ0v) is 22.3. The quantitative estimate of drug-likeness (QED) is 0.379. The molecule has 1 aromatic carbocycles. The summed E-state index contributed by atoms with van der Waals surface area (Å²) in [7, 11) is 0. The minimum atomic E-state index is -0.722. The second kappa shape index (κ2) is 12.6. The van der Waals surface area contributed by atoms with Gasteiger partial charge in [-0.25, -0.2) is 9.97 Å². The van der Waals surface area contributed by atoms with E-state index in [0.717, 1.165) is 68.5 Å². The molecule has 1 atom stereocenters. The fraction of sp³-hybridized carbons (Fsp3) is 0.448.